The Morgan fingerprint density at radius 3 is 2.71 bits per heavy atom. The highest BCUT2D eigenvalue weighted by Crippen LogP contribution is 2.22. The smallest absolute Gasteiger partial charge is 0.124 e. The normalized spacial score (nSPS) is 10.9. The Morgan fingerprint density at radius 2 is 2.06 bits per heavy atom. The predicted octanol–water partition coefficient (Wildman–Crippen LogP) is 2.85. The maximum atomic E-state index is 5.88. The van der Waals surface area contributed by atoms with Gasteiger partial charge >= 0.3 is 0 Å². The van der Waals surface area contributed by atoms with E-state index in [4.69, 9.17) is 26.8 Å². The van der Waals surface area contributed by atoms with Gasteiger partial charge in [-0.15, -0.1) is 0 Å². The zero-order chi connectivity index (χ0) is 12.7. The van der Waals surface area contributed by atoms with E-state index in [0.717, 1.165) is 17.9 Å². The minimum absolute atomic E-state index is 0.419. The van der Waals surface area contributed by atoms with Crippen LogP contribution in [0, 0.1) is 5.92 Å². The molecule has 0 heterocycles. The van der Waals surface area contributed by atoms with Gasteiger partial charge in [-0.1, -0.05) is 25.4 Å². The van der Waals surface area contributed by atoms with Gasteiger partial charge in [-0.3, -0.25) is 0 Å². The maximum Gasteiger partial charge on any atom is 0.124 e. The van der Waals surface area contributed by atoms with Gasteiger partial charge in [0, 0.05) is 23.7 Å². The van der Waals surface area contributed by atoms with Crippen LogP contribution in [0.5, 0.6) is 5.75 Å². The number of ether oxygens (including phenoxy) is 2. The lowest BCUT2D eigenvalue weighted by molar-refractivity contribution is 0.0816. The molecule has 0 bridgehead atoms. The van der Waals surface area contributed by atoms with Crippen LogP contribution in [0.4, 0.5) is 0 Å². The van der Waals surface area contributed by atoms with Gasteiger partial charge in [-0.2, -0.15) is 0 Å². The highest BCUT2D eigenvalue weighted by molar-refractivity contribution is 6.30. The van der Waals surface area contributed by atoms with Crippen LogP contribution in [-0.2, 0) is 11.3 Å². The maximum absolute atomic E-state index is 5.88. The van der Waals surface area contributed by atoms with Gasteiger partial charge < -0.3 is 15.2 Å². The molecule has 1 rings (SSSR count). The topological polar surface area (TPSA) is 44.5 Å². The fraction of sp³-hybridized carbons (Fsp3) is 0.538. The molecule has 96 valence electrons. The van der Waals surface area contributed by atoms with Gasteiger partial charge in [-0.25, -0.2) is 0 Å². The second kappa shape index (κ2) is 7.54. The fourth-order valence-corrected chi connectivity index (χ4v) is 1.57. The summed E-state index contributed by atoms with van der Waals surface area (Å²) < 4.78 is 11.0. The minimum Gasteiger partial charge on any atom is -0.491 e. The first-order chi connectivity index (χ1) is 8.13. The molecule has 0 atom stereocenters. The third-order valence-corrected chi connectivity index (χ3v) is 2.41. The van der Waals surface area contributed by atoms with E-state index >= 15 is 0 Å². The van der Waals surface area contributed by atoms with Crippen LogP contribution >= 0.6 is 11.6 Å². The van der Waals surface area contributed by atoms with Crippen LogP contribution in [0.1, 0.15) is 19.4 Å². The van der Waals surface area contributed by atoms with Crippen molar-refractivity contribution in [2.75, 3.05) is 19.8 Å². The second-order valence-corrected chi connectivity index (χ2v) is 4.71. The van der Waals surface area contributed by atoms with Crippen molar-refractivity contribution in [3.05, 3.63) is 28.8 Å². The van der Waals surface area contributed by atoms with Gasteiger partial charge in [0.15, 0.2) is 0 Å². The first kappa shape index (κ1) is 14.3. The number of halogens is 1. The molecule has 0 aliphatic heterocycles. The van der Waals surface area contributed by atoms with Crippen molar-refractivity contribution in [1.29, 1.82) is 0 Å². The Hall–Kier alpha value is -0.770. The van der Waals surface area contributed by atoms with E-state index in [2.05, 4.69) is 13.8 Å². The van der Waals surface area contributed by atoms with Gasteiger partial charge in [0.25, 0.3) is 0 Å². The molecule has 0 aliphatic rings. The molecule has 17 heavy (non-hydrogen) atoms. The Bertz CT molecular complexity index is 342. The van der Waals surface area contributed by atoms with Crippen LogP contribution in [0.3, 0.4) is 0 Å². The summed E-state index contributed by atoms with van der Waals surface area (Å²) in [6.45, 7) is 6.53. The quantitative estimate of drug-likeness (QED) is 0.764. The number of nitrogens with two attached hydrogens (primary N) is 1. The number of benzene rings is 1. The average molecular weight is 258 g/mol. The van der Waals surface area contributed by atoms with E-state index in [0.29, 0.717) is 30.7 Å². The highest BCUT2D eigenvalue weighted by atomic mass is 35.5. The first-order valence-corrected chi connectivity index (χ1v) is 6.20. The fourth-order valence-electron chi connectivity index (χ4n) is 1.38. The molecular formula is C13H20ClNO2. The van der Waals surface area contributed by atoms with Crippen molar-refractivity contribution < 1.29 is 9.47 Å². The first-order valence-electron chi connectivity index (χ1n) is 5.82. The molecule has 0 amide bonds. The van der Waals surface area contributed by atoms with E-state index in [-0.39, 0.29) is 0 Å². The molecule has 0 spiro atoms. The van der Waals surface area contributed by atoms with Crippen molar-refractivity contribution in [3.8, 4) is 5.75 Å². The van der Waals surface area contributed by atoms with E-state index in [1.54, 1.807) is 6.07 Å². The van der Waals surface area contributed by atoms with Crippen LogP contribution in [0.2, 0.25) is 5.02 Å². The van der Waals surface area contributed by atoms with E-state index in [9.17, 15) is 0 Å². The van der Waals surface area contributed by atoms with E-state index < -0.39 is 0 Å². The van der Waals surface area contributed by atoms with Crippen molar-refractivity contribution >= 4 is 11.6 Å². The predicted molar refractivity (Wildman–Crippen MR) is 70.5 cm³/mol. The van der Waals surface area contributed by atoms with Crippen LogP contribution < -0.4 is 10.5 Å². The van der Waals surface area contributed by atoms with Crippen LogP contribution in [-0.4, -0.2) is 19.8 Å². The molecule has 0 saturated heterocycles. The molecule has 3 nitrogen and oxygen atoms in total. The summed E-state index contributed by atoms with van der Waals surface area (Å²) in [7, 11) is 0. The van der Waals surface area contributed by atoms with Gasteiger partial charge in [0.1, 0.15) is 12.4 Å². The van der Waals surface area contributed by atoms with Gasteiger partial charge in [-0.05, 0) is 24.1 Å². The molecular weight excluding hydrogens is 238 g/mol. The number of rotatable bonds is 7. The highest BCUT2D eigenvalue weighted by Gasteiger charge is 2.03. The molecule has 0 aliphatic carbocycles. The molecule has 0 fully saturated rings. The summed E-state index contributed by atoms with van der Waals surface area (Å²) >= 11 is 5.88. The Morgan fingerprint density at radius 1 is 1.29 bits per heavy atom. The number of hydrogen-bond donors (Lipinski definition) is 1. The van der Waals surface area contributed by atoms with Crippen molar-refractivity contribution in [2.45, 2.75) is 20.4 Å². The van der Waals surface area contributed by atoms with Crippen molar-refractivity contribution in [3.63, 3.8) is 0 Å². The van der Waals surface area contributed by atoms with Crippen LogP contribution in [0.25, 0.3) is 0 Å². The van der Waals surface area contributed by atoms with Crippen LogP contribution in [0.15, 0.2) is 18.2 Å². The summed E-state index contributed by atoms with van der Waals surface area (Å²) in [5, 5.41) is 0.675. The van der Waals surface area contributed by atoms with E-state index in [1.807, 2.05) is 12.1 Å². The minimum atomic E-state index is 0.419. The van der Waals surface area contributed by atoms with E-state index in [1.165, 1.54) is 0 Å². The van der Waals surface area contributed by atoms with Gasteiger partial charge in [0.2, 0.25) is 0 Å². The monoisotopic (exact) mass is 257 g/mol. The Kier molecular flexibility index (Phi) is 6.34. The zero-order valence-electron chi connectivity index (χ0n) is 10.4. The Labute approximate surface area is 108 Å². The van der Waals surface area contributed by atoms with Crippen molar-refractivity contribution in [2.24, 2.45) is 11.7 Å². The third-order valence-electron chi connectivity index (χ3n) is 2.18. The lowest BCUT2D eigenvalue weighted by Gasteiger charge is -2.11. The lowest BCUT2D eigenvalue weighted by atomic mass is 10.2. The largest absolute Gasteiger partial charge is 0.491 e. The SMILES string of the molecule is CC(C)COCCOc1ccc(Cl)cc1CN. The Balaban J connectivity index is 2.36. The summed E-state index contributed by atoms with van der Waals surface area (Å²) in [5.41, 5.74) is 6.54. The molecule has 0 unspecified atom stereocenters. The molecule has 1 aromatic rings. The lowest BCUT2D eigenvalue weighted by Crippen LogP contribution is -2.11. The molecule has 0 radical (unpaired) electrons. The third kappa shape index (κ3) is 5.39. The molecule has 1 aromatic carbocycles. The summed E-state index contributed by atoms with van der Waals surface area (Å²) in [6, 6.07) is 5.46. The summed E-state index contributed by atoms with van der Waals surface area (Å²) in [5.74, 6) is 1.33. The average Bonchev–Trinajstić information content (AvgIpc) is 2.29. The molecule has 2 N–H and O–H groups in total. The standard InChI is InChI=1S/C13H20ClNO2/c1-10(2)9-16-5-6-17-13-4-3-12(14)7-11(13)8-15/h3-4,7,10H,5-6,8-9,15H2,1-2H3. The van der Waals surface area contributed by atoms with Crippen molar-refractivity contribution in [1.82, 2.24) is 0 Å². The van der Waals surface area contributed by atoms with Gasteiger partial charge in [0.05, 0.1) is 6.61 Å². The number of hydrogen-bond acceptors (Lipinski definition) is 3. The zero-order valence-corrected chi connectivity index (χ0v) is 11.2. The molecule has 0 aromatic heterocycles. The molecule has 0 saturated carbocycles. The second-order valence-electron chi connectivity index (χ2n) is 4.27. The molecule has 4 heteroatoms. The summed E-state index contributed by atoms with van der Waals surface area (Å²) in [6.07, 6.45) is 0. The summed E-state index contributed by atoms with van der Waals surface area (Å²) in [4.78, 5) is 0.